The van der Waals surface area contributed by atoms with Crippen LogP contribution < -0.4 is 14.5 Å². The van der Waals surface area contributed by atoms with Gasteiger partial charge in [0.25, 0.3) is 0 Å². The maximum absolute atomic E-state index is 6.50. The predicted molar refractivity (Wildman–Crippen MR) is 202 cm³/mol. The van der Waals surface area contributed by atoms with Crippen molar-refractivity contribution in [1.82, 2.24) is 19.5 Å². The van der Waals surface area contributed by atoms with Gasteiger partial charge in [-0.1, -0.05) is 77.0 Å². The monoisotopic (exact) mass is 850 g/mol. The first-order valence-electron chi connectivity index (χ1n) is 16.9. The molecule has 260 valence electrons. The Morgan fingerprint density at radius 2 is 1.49 bits per heavy atom. The van der Waals surface area contributed by atoms with Crippen molar-refractivity contribution in [3.8, 4) is 17.3 Å². The number of aromatic nitrogens is 4. The molecular weight excluding hydrogens is 812 g/mol. The zero-order valence-electron chi connectivity index (χ0n) is 29.8. The number of rotatable bonds is 5. The molecule has 4 aromatic heterocycles. The average Bonchev–Trinajstić information content (AvgIpc) is 3.64. The van der Waals surface area contributed by atoms with Gasteiger partial charge in [-0.3, -0.25) is 0 Å². The molecule has 51 heavy (non-hydrogen) atoms. The van der Waals surface area contributed by atoms with Gasteiger partial charge in [-0.25, -0.2) is 15.0 Å². The summed E-state index contributed by atoms with van der Waals surface area (Å²) in [5.41, 5.74) is 7.11. The largest absolute Gasteiger partial charge is 0.509 e. The van der Waals surface area contributed by atoms with Gasteiger partial charge in [0.15, 0.2) is 0 Å². The normalized spacial score (nSPS) is 13.1. The molecule has 3 aromatic carbocycles. The van der Waals surface area contributed by atoms with Gasteiger partial charge < -0.3 is 19.1 Å². The van der Waals surface area contributed by atoms with Crippen LogP contribution in [0.5, 0.6) is 11.5 Å². The van der Waals surface area contributed by atoms with Crippen LogP contribution in [-0.4, -0.2) is 19.5 Å². The Hall–Kier alpha value is -5.00. The molecule has 5 heterocycles. The van der Waals surface area contributed by atoms with E-state index in [2.05, 4.69) is 125 Å². The fraction of sp³-hybridized carbons (Fsp3) is 0.209. The van der Waals surface area contributed by atoms with E-state index in [0.29, 0.717) is 11.5 Å². The van der Waals surface area contributed by atoms with Crippen molar-refractivity contribution in [2.24, 2.45) is 0 Å². The molecule has 8 rings (SSSR count). The topological polar surface area (TPSA) is 59.3 Å². The smallest absolute Gasteiger partial charge is 0.135 e. The Labute approximate surface area is 314 Å². The van der Waals surface area contributed by atoms with Crippen LogP contribution in [0.15, 0.2) is 104 Å². The number of benzene rings is 3. The molecule has 0 radical (unpaired) electrons. The van der Waals surface area contributed by atoms with E-state index in [4.69, 9.17) is 19.7 Å². The zero-order valence-corrected chi connectivity index (χ0v) is 32.1. The van der Waals surface area contributed by atoms with Crippen LogP contribution >= 0.6 is 0 Å². The maximum Gasteiger partial charge on any atom is 0.135 e. The predicted octanol–water partition coefficient (Wildman–Crippen LogP) is 10.7. The van der Waals surface area contributed by atoms with Gasteiger partial charge >= 0.3 is 0 Å². The molecule has 0 amide bonds. The molecule has 0 atom stereocenters. The molecule has 0 aliphatic carbocycles. The Balaban J connectivity index is 0.00000406. The summed E-state index contributed by atoms with van der Waals surface area (Å²) in [6, 6.07) is 36.0. The summed E-state index contributed by atoms with van der Waals surface area (Å²) in [5, 5.41) is 2.22. The van der Waals surface area contributed by atoms with Gasteiger partial charge in [0.2, 0.25) is 0 Å². The molecule has 1 aliphatic rings. The quantitative estimate of drug-likeness (QED) is 0.161. The molecule has 0 spiro atoms. The minimum Gasteiger partial charge on any atom is -0.509 e. The van der Waals surface area contributed by atoms with Crippen LogP contribution in [0.25, 0.3) is 27.6 Å². The number of anilines is 4. The van der Waals surface area contributed by atoms with Gasteiger partial charge in [0.1, 0.15) is 17.5 Å². The maximum atomic E-state index is 6.50. The number of hydrogen-bond donors (Lipinski definition) is 0. The first-order chi connectivity index (χ1) is 24.0. The van der Waals surface area contributed by atoms with Crippen molar-refractivity contribution in [2.75, 3.05) is 9.80 Å². The molecule has 0 saturated heterocycles. The number of para-hydroxylation sites is 1. The first-order valence-corrected chi connectivity index (χ1v) is 16.9. The summed E-state index contributed by atoms with van der Waals surface area (Å²) in [7, 11) is 0. The van der Waals surface area contributed by atoms with Crippen molar-refractivity contribution in [2.45, 2.75) is 59.3 Å². The van der Waals surface area contributed by atoms with Crippen LogP contribution in [0.4, 0.5) is 23.0 Å². The molecule has 7 aromatic rings. The summed E-state index contributed by atoms with van der Waals surface area (Å²) in [6.07, 6.45) is 5.62. The van der Waals surface area contributed by atoms with E-state index in [9.17, 15) is 0 Å². The molecule has 8 heteroatoms. The fourth-order valence-corrected chi connectivity index (χ4v) is 6.58. The molecule has 0 N–H and O–H groups in total. The summed E-state index contributed by atoms with van der Waals surface area (Å²) in [6.45, 7) is 17.4. The molecule has 0 unspecified atom stereocenters. The first kappa shape index (κ1) is 34.4. The van der Waals surface area contributed by atoms with Gasteiger partial charge in [-0.2, -0.15) is 12.1 Å². The van der Waals surface area contributed by atoms with E-state index in [1.54, 1.807) is 0 Å². The Kier molecular flexibility index (Phi) is 8.75. The molecule has 7 nitrogen and oxygen atoms in total. The van der Waals surface area contributed by atoms with Crippen LogP contribution in [0.1, 0.15) is 58.2 Å². The standard InChI is InChI=1S/C43H39N6O.Pt/c1-28-22-35(43(5,6)7)40(46-26-28)48-27-47(41-37(48)16-11-20-45-41)30-12-10-13-31(24-30)50-32-17-18-34-33-14-8-9-15-36(33)49(38(34)25-32)39-23-29(19-21-44-39)42(2,3)4;/h8-23,26-27H,1-7H3;/q-3;. The van der Waals surface area contributed by atoms with Crippen LogP contribution in [0.3, 0.4) is 0 Å². The number of aryl methyl sites for hydroxylation is 1. The summed E-state index contributed by atoms with van der Waals surface area (Å²) in [5.74, 6) is 3.69. The third-order valence-electron chi connectivity index (χ3n) is 9.15. The number of pyridine rings is 3. The van der Waals surface area contributed by atoms with Crippen LogP contribution in [-0.2, 0) is 31.9 Å². The number of nitrogens with zero attached hydrogens (tertiary/aromatic N) is 6. The van der Waals surface area contributed by atoms with E-state index in [0.717, 1.165) is 61.8 Å². The van der Waals surface area contributed by atoms with Crippen LogP contribution in [0, 0.1) is 25.7 Å². The summed E-state index contributed by atoms with van der Waals surface area (Å²) < 4.78 is 8.67. The summed E-state index contributed by atoms with van der Waals surface area (Å²) >= 11 is 0. The number of fused-ring (bicyclic) bond motifs is 4. The van der Waals surface area contributed by atoms with E-state index >= 15 is 0 Å². The minimum atomic E-state index is -0.105. The fourth-order valence-electron chi connectivity index (χ4n) is 6.58. The number of ether oxygens (including phenoxy) is 1. The molecule has 1 aliphatic heterocycles. The van der Waals surface area contributed by atoms with Gasteiger partial charge in [0, 0.05) is 56.7 Å². The molecule has 0 fully saturated rings. The second-order valence-electron chi connectivity index (χ2n) is 14.9. The van der Waals surface area contributed by atoms with Gasteiger partial charge in [-0.15, -0.1) is 42.4 Å². The van der Waals surface area contributed by atoms with E-state index in [-0.39, 0.29) is 31.9 Å². The third-order valence-corrected chi connectivity index (χ3v) is 9.15. The van der Waals surface area contributed by atoms with Gasteiger partial charge in [0.05, 0.1) is 5.69 Å². The van der Waals surface area contributed by atoms with Crippen molar-refractivity contribution < 1.29 is 25.8 Å². The second-order valence-corrected chi connectivity index (χ2v) is 14.9. The van der Waals surface area contributed by atoms with Crippen LogP contribution in [0.2, 0.25) is 0 Å². The third kappa shape index (κ3) is 6.29. The Morgan fingerprint density at radius 1 is 0.686 bits per heavy atom. The van der Waals surface area contributed by atoms with Crippen molar-refractivity contribution >= 4 is 44.8 Å². The second kappa shape index (κ2) is 13.0. The average molecular weight is 851 g/mol. The molecule has 0 saturated carbocycles. The van der Waals surface area contributed by atoms with Crippen molar-refractivity contribution in [3.05, 3.63) is 139 Å². The van der Waals surface area contributed by atoms with E-state index in [1.165, 1.54) is 5.56 Å². The molecular formula is C43H39N6OPt-3. The minimum absolute atomic E-state index is 0. The van der Waals surface area contributed by atoms with Crippen molar-refractivity contribution in [3.63, 3.8) is 0 Å². The Morgan fingerprint density at radius 3 is 2.29 bits per heavy atom. The zero-order chi connectivity index (χ0) is 34.8. The SMILES string of the molecule is Cc1cnc(N2[CH-]N(c3[c-]c(Oc4[c-]c5c(cc4)c4ccccc4n5-c4cc(C(C)(C)C)ccn4)ccc3)c3ncccc32)c(C(C)(C)C)c1.[Pt]. The Bertz CT molecular complexity index is 2400. The van der Waals surface area contributed by atoms with E-state index in [1.807, 2.05) is 60.5 Å². The van der Waals surface area contributed by atoms with Crippen molar-refractivity contribution in [1.29, 1.82) is 0 Å². The van der Waals surface area contributed by atoms with Gasteiger partial charge in [-0.05, 0) is 70.2 Å². The summed E-state index contributed by atoms with van der Waals surface area (Å²) in [4.78, 5) is 18.6. The molecule has 0 bridgehead atoms. The van der Waals surface area contributed by atoms with E-state index < -0.39 is 0 Å². The number of hydrogen-bond acceptors (Lipinski definition) is 6.